The average molecular weight is 520 g/mol. The zero-order valence-electron chi connectivity index (χ0n) is 21.2. The Hall–Kier alpha value is -4.63. The molecule has 0 unspecified atom stereocenters. The van der Waals surface area contributed by atoms with Gasteiger partial charge < -0.3 is 9.72 Å². The smallest absolute Gasteiger partial charge is 0.181 e. The van der Waals surface area contributed by atoms with E-state index in [0.29, 0.717) is 29.3 Å². The standard InChI is InChI=1S/C30H26FN7O/c31-22-12-20(13-23(15-22)39-11-10-38-8-1-2-9-38)28-24-16-27(35-26(24)5-7-33-28)29-25-14-21(18-34-30(25)37-36-29)19-4-3-6-32-17-19/h3-7,12-18,35H,1-2,8-11H2,(H,34,36,37). The van der Waals surface area contributed by atoms with E-state index in [2.05, 4.69) is 41.1 Å². The first-order chi connectivity index (χ1) is 19.2. The van der Waals surface area contributed by atoms with Crippen molar-refractivity contribution in [2.24, 2.45) is 0 Å². The molecule has 0 aliphatic carbocycles. The van der Waals surface area contributed by atoms with Gasteiger partial charge in [-0.3, -0.25) is 20.0 Å². The summed E-state index contributed by atoms with van der Waals surface area (Å²) in [7, 11) is 0. The highest BCUT2D eigenvalue weighted by Gasteiger charge is 2.17. The molecule has 0 atom stereocenters. The Morgan fingerprint density at radius 1 is 0.897 bits per heavy atom. The summed E-state index contributed by atoms with van der Waals surface area (Å²) in [6.45, 7) is 3.57. The van der Waals surface area contributed by atoms with Gasteiger partial charge in [0.2, 0.25) is 0 Å². The second-order valence-corrected chi connectivity index (χ2v) is 9.81. The molecule has 1 saturated heterocycles. The van der Waals surface area contributed by atoms with E-state index in [-0.39, 0.29) is 5.82 Å². The van der Waals surface area contributed by atoms with Gasteiger partial charge in [-0.2, -0.15) is 5.10 Å². The maximum absolute atomic E-state index is 14.7. The number of benzene rings is 1. The minimum absolute atomic E-state index is 0.355. The van der Waals surface area contributed by atoms with Crippen LogP contribution >= 0.6 is 0 Å². The van der Waals surface area contributed by atoms with Crippen LogP contribution in [-0.4, -0.2) is 61.3 Å². The van der Waals surface area contributed by atoms with Crippen LogP contribution in [0.3, 0.4) is 0 Å². The highest BCUT2D eigenvalue weighted by molar-refractivity contribution is 6.00. The first-order valence-electron chi connectivity index (χ1n) is 13.1. The molecule has 1 aliphatic rings. The van der Waals surface area contributed by atoms with Crippen LogP contribution in [0.1, 0.15) is 12.8 Å². The summed E-state index contributed by atoms with van der Waals surface area (Å²) in [5.41, 5.74) is 6.43. The van der Waals surface area contributed by atoms with Crippen molar-refractivity contribution in [1.82, 2.24) is 35.0 Å². The first kappa shape index (κ1) is 23.5. The lowest BCUT2D eigenvalue weighted by Crippen LogP contribution is -2.25. The SMILES string of the molecule is Fc1cc(OCCN2CCCC2)cc(-c2nccc3[nH]c(-c4[nH]nc5ncc(-c6cccnc6)cc45)cc23)c1. The van der Waals surface area contributed by atoms with Gasteiger partial charge in [-0.1, -0.05) is 6.07 Å². The third-order valence-electron chi connectivity index (χ3n) is 7.24. The van der Waals surface area contributed by atoms with Crippen LogP contribution in [0.15, 0.2) is 73.3 Å². The fourth-order valence-electron chi connectivity index (χ4n) is 5.30. The number of halogens is 1. The van der Waals surface area contributed by atoms with Crippen LogP contribution < -0.4 is 4.74 Å². The molecule has 9 heteroatoms. The number of aromatic nitrogens is 6. The van der Waals surface area contributed by atoms with Crippen LogP contribution in [-0.2, 0) is 0 Å². The summed E-state index contributed by atoms with van der Waals surface area (Å²) in [4.78, 5) is 19.2. The van der Waals surface area contributed by atoms with Gasteiger partial charge in [0.05, 0.1) is 17.1 Å². The lowest BCUT2D eigenvalue weighted by Gasteiger charge is -2.15. The molecule has 0 spiro atoms. The quantitative estimate of drug-likeness (QED) is 0.275. The monoisotopic (exact) mass is 519 g/mol. The predicted molar refractivity (Wildman–Crippen MR) is 149 cm³/mol. The van der Waals surface area contributed by atoms with Crippen LogP contribution in [0.25, 0.3) is 55.7 Å². The Balaban J connectivity index is 1.23. The maximum atomic E-state index is 14.7. The molecule has 2 N–H and O–H groups in total. The fourth-order valence-corrected chi connectivity index (χ4v) is 5.30. The molecule has 0 amide bonds. The Kier molecular flexibility index (Phi) is 5.97. The van der Waals surface area contributed by atoms with Gasteiger partial charge in [-0.05, 0) is 62.3 Å². The summed E-state index contributed by atoms with van der Waals surface area (Å²) < 4.78 is 20.6. The van der Waals surface area contributed by atoms with E-state index in [0.717, 1.165) is 58.4 Å². The zero-order chi connectivity index (χ0) is 26.2. The van der Waals surface area contributed by atoms with E-state index in [1.807, 2.05) is 36.5 Å². The molecule has 1 aromatic carbocycles. The molecule has 1 aliphatic heterocycles. The second-order valence-electron chi connectivity index (χ2n) is 9.81. The lowest BCUT2D eigenvalue weighted by molar-refractivity contribution is 0.237. The fraction of sp³-hybridized carbons (Fsp3) is 0.200. The van der Waals surface area contributed by atoms with Crippen molar-refractivity contribution >= 4 is 21.9 Å². The van der Waals surface area contributed by atoms with Crippen molar-refractivity contribution in [2.45, 2.75) is 12.8 Å². The first-order valence-corrected chi connectivity index (χ1v) is 13.1. The molecule has 39 heavy (non-hydrogen) atoms. The van der Waals surface area contributed by atoms with E-state index < -0.39 is 0 Å². The van der Waals surface area contributed by atoms with Gasteiger partial charge in [-0.25, -0.2) is 9.37 Å². The summed E-state index contributed by atoms with van der Waals surface area (Å²) >= 11 is 0. The van der Waals surface area contributed by atoms with Gasteiger partial charge >= 0.3 is 0 Å². The van der Waals surface area contributed by atoms with Crippen LogP contribution in [0.4, 0.5) is 4.39 Å². The van der Waals surface area contributed by atoms with Gasteiger partial charge in [0.15, 0.2) is 5.65 Å². The number of likely N-dealkylation sites (tertiary alicyclic amines) is 1. The number of hydrogen-bond donors (Lipinski definition) is 2. The van der Waals surface area contributed by atoms with Crippen molar-refractivity contribution in [3.8, 4) is 39.5 Å². The number of aromatic amines is 2. The number of rotatable bonds is 7. The molecule has 0 saturated carbocycles. The highest BCUT2D eigenvalue weighted by Crippen LogP contribution is 2.35. The zero-order valence-corrected chi connectivity index (χ0v) is 21.2. The molecule has 1 fully saturated rings. The Labute approximate surface area is 223 Å². The maximum Gasteiger partial charge on any atom is 0.181 e. The van der Waals surface area contributed by atoms with Crippen molar-refractivity contribution in [3.05, 3.63) is 79.1 Å². The lowest BCUT2D eigenvalue weighted by atomic mass is 10.1. The summed E-state index contributed by atoms with van der Waals surface area (Å²) in [5, 5.41) is 9.29. The van der Waals surface area contributed by atoms with E-state index in [1.165, 1.54) is 25.0 Å². The Morgan fingerprint density at radius 3 is 2.69 bits per heavy atom. The van der Waals surface area contributed by atoms with Crippen molar-refractivity contribution in [2.75, 3.05) is 26.2 Å². The second kappa shape index (κ2) is 9.92. The van der Waals surface area contributed by atoms with Crippen molar-refractivity contribution in [3.63, 3.8) is 0 Å². The van der Waals surface area contributed by atoms with Crippen LogP contribution in [0.5, 0.6) is 5.75 Å². The molecule has 6 aromatic rings. The largest absolute Gasteiger partial charge is 0.492 e. The van der Waals surface area contributed by atoms with Gasteiger partial charge in [0, 0.05) is 70.4 Å². The van der Waals surface area contributed by atoms with E-state index in [4.69, 9.17) is 4.74 Å². The molecule has 0 radical (unpaired) electrons. The molecule has 194 valence electrons. The third-order valence-corrected chi connectivity index (χ3v) is 7.24. The highest BCUT2D eigenvalue weighted by atomic mass is 19.1. The summed E-state index contributed by atoms with van der Waals surface area (Å²) in [6, 6.07) is 14.7. The van der Waals surface area contributed by atoms with E-state index >= 15 is 0 Å². The molecule has 8 nitrogen and oxygen atoms in total. The Morgan fingerprint density at radius 2 is 1.82 bits per heavy atom. The molecule has 5 aromatic heterocycles. The van der Waals surface area contributed by atoms with Crippen LogP contribution in [0, 0.1) is 5.82 Å². The minimum Gasteiger partial charge on any atom is -0.492 e. The average Bonchev–Trinajstić information content (AvgIpc) is 3.72. The van der Waals surface area contributed by atoms with Crippen molar-refractivity contribution < 1.29 is 9.13 Å². The predicted octanol–water partition coefficient (Wildman–Crippen LogP) is 5.84. The topological polar surface area (TPSA) is 95.6 Å². The molecule has 0 bridgehead atoms. The van der Waals surface area contributed by atoms with Gasteiger partial charge in [0.25, 0.3) is 0 Å². The molecule has 6 heterocycles. The number of pyridine rings is 3. The summed E-state index contributed by atoms with van der Waals surface area (Å²) in [6.07, 6.45) is 9.55. The molecular formula is C30H26FN7O. The van der Waals surface area contributed by atoms with Gasteiger partial charge in [0.1, 0.15) is 18.2 Å². The van der Waals surface area contributed by atoms with E-state index in [9.17, 15) is 4.39 Å². The number of nitrogens with zero attached hydrogens (tertiary/aromatic N) is 5. The molecular weight excluding hydrogens is 493 g/mol. The minimum atomic E-state index is -0.355. The normalized spacial score (nSPS) is 14.0. The number of ether oxygens (including phenoxy) is 1. The Bertz CT molecular complexity index is 1770. The van der Waals surface area contributed by atoms with Crippen LogP contribution in [0.2, 0.25) is 0 Å². The molecule has 7 rings (SSSR count). The number of hydrogen-bond acceptors (Lipinski definition) is 6. The number of nitrogens with one attached hydrogen (secondary N) is 2. The number of fused-ring (bicyclic) bond motifs is 2. The van der Waals surface area contributed by atoms with Gasteiger partial charge in [-0.15, -0.1) is 0 Å². The van der Waals surface area contributed by atoms with E-state index in [1.54, 1.807) is 18.6 Å². The number of H-pyrrole nitrogens is 2. The summed E-state index contributed by atoms with van der Waals surface area (Å²) in [5.74, 6) is 0.152. The van der Waals surface area contributed by atoms with Crippen molar-refractivity contribution in [1.29, 1.82) is 0 Å². The third kappa shape index (κ3) is 4.61.